The van der Waals surface area contributed by atoms with E-state index in [1.54, 1.807) is 6.07 Å². The highest BCUT2D eigenvalue weighted by atomic mass is 16.6. The van der Waals surface area contributed by atoms with Gasteiger partial charge in [-0.3, -0.25) is 47.8 Å². The van der Waals surface area contributed by atoms with Gasteiger partial charge in [0, 0.05) is 36.8 Å². The first-order valence-electron chi connectivity index (χ1n) is 17.6. The van der Waals surface area contributed by atoms with Crippen LogP contribution in [0.3, 0.4) is 0 Å². The van der Waals surface area contributed by atoms with E-state index in [1.807, 2.05) is 15.0 Å². The monoisotopic (exact) mass is 902 g/mol. The van der Waals surface area contributed by atoms with E-state index in [9.17, 15) is 64.2 Å². The lowest BCUT2D eigenvalue weighted by Gasteiger charge is -2.18. The topological polar surface area (TPSA) is 531 Å². The van der Waals surface area contributed by atoms with Gasteiger partial charge in [0.25, 0.3) is 33.9 Å². The van der Waals surface area contributed by atoms with Crippen LogP contribution in [0.4, 0.5) is 0 Å². The maximum Gasteiger partial charge on any atom is 0.330 e. The van der Waals surface area contributed by atoms with Crippen molar-refractivity contribution in [3.8, 4) is 18.4 Å². The molecule has 3 aliphatic heterocycles. The number of nitriles is 1. The van der Waals surface area contributed by atoms with Crippen LogP contribution in [0.2, 0.25) is 0 Å². The summed E-state index contributed by atoms with van der Waals surface area (Å²) in [6, 6.07) is 4.87. The Morgan fingerprint density at radius 2 is 1.02 bits per heavy atom. The molecule has 3 fully saturated rings. The van der Waals surface area contributed by atoms with Crippen molar-refractivity contribution in [2.24, 2.45) is 38.8 Å². The lowest BCUT2D eigenvalue weighted by Crippen LogP contribution is -2.46. The molecule has 0 spiro atoms. The lowest BCUT2D eigenvalue weighted by atomic mass is 9.95. The van der Waals surface area contributed by atoms with Gasteiger partial charge in [-0.1, -0.05) is 5.92 Å². The molecule has 3 aromatic rings. The molecule has 6 heterocycles. The zero-order chi connectivity index (χ0) is 47.7. The number of hydrogen-bond acceptors (Lipinski definition) is 23. The number of carbonyl (C=O) groups excluding carboxylic acids is 1. The fourth-order valence-electron chi connectivity index (χ4n) is 6.53. The summed E-state index contributed by atoms with van der Waals surface area (Å²) in [4.78, 5) is 94.2. The summed E-state index contributed by atoms with van der Waals surface area (Å²) in [5.41, 5.74) is 14.8. The summed E-state index contributed by atoms with van der Waals surface area (Å²) in [5.74, 6) is -2.52. The van der Waals surface area contributed by atoms with E-state index in [1.165, 1.54) is 0 Å². The number of terminal acetylenes is 1. The Kier molecular flexibility index (Phi) is 15.2. The van der Waals surface area contributed by atoms with Crippen molar-refractivity contribution in [2.75, 3.05) is 19.8 Å². The standard InChI is InChI=1S/C11H11N5O5.C10H12N6O6.C10H10N6O5/c1-2-6-8(19)11(5-17,14-15-12)21-9(6)16-4-3-7(18)13-10(16)20;11-7(20)5-6(19)10(3-17,14-15-12)22-8(5)16-2-1-4(18)13-9(16)21;11-3-5-7(19)10(4-17,14-15-12)21-8(5)16-2-1-6(18)13-9(16)20/h1,3-4,6,8-9,12,17,19H,5H2;1-2,5-6,8,12,17,19H,3H2,(H2-,11,13,18,20,21);1-2,5,7-8,12,17,19H,4H2/p+3/t6-,8-,9+,11+;5-,6+,8-,10-;5-,7-,8+,10+/m010/s1. The number of aromatic nitrogens is 6. The van der Waals surface area contributed by atoms with Crippen LogP contribution < -0.4 is 54.2 Å². The van der Waals surface area contributed by atoms with Crippen LogP contribution in [-0.4, -0.2) is 121 Å². The van der Waals surface area contributed by atoms with Crippen molar-refractivity contribution in [1.82, 2.24) is 43.4 Å². The maximum absolute atomic E-state index is 11.8. The molecule has 64 heavy (non-hydrogen) atoms. The minimum Gasteiger partial charge on any atom is -0.391 e. The molecule has 0 saturated carbocycles. The zero-order valence-electron chi connectivity index (χ0n) is 32.2. The largest absolute Gasteiger partial charge is 0.391 e. The maximum atomic E-state index is 11.8. The van der Waals surface area contributed by atoms with Gasteiger partial charge in [-0.25, -0.2) is 14.4 Å². The van der Waals surface area contributed by atoms with Gasteiger partial charge < -0.3 is 50.6 Å². The van der Waals surface area contributed by atoms with Crippen LogP contribution in [0.5, 0.6) is 0 Å². The van der Waals surface area contributed by atoms with Crippen LogP contribution in [0, 0.1) is 58.0 Å². The molecule has 3 aromatic heterocycles. The second-order valence-corrected chi connectivity index (χ2v) is 13.3. The van der Waals surface area contributed by atoms with E-state index < -0.39 is 131 Å². The number of H-pyrrole nitrogens is 3. The number of nitrogens with one attached hydrogen (secondary N) is 6. The Bertz CT molecular complexity index is 2720. The summed E-state index contributed by atoms with van der Waals surface area (Å²) in [5, 5.41) is 77.6. The van der Waals surface area contributed by atoms with Gasteiger partial charge in [-0.05, 0) is 0 Å². The number of nitrogens with two attached hydrogens (primary N) is 1. The van der Waals surface area contributed by atoms with Crippen molar-refractivity contribution < 1.29 is 49.6 Å². The van der Waals surface area contributed by atoms with Gasteiger partial charge in [-0.15, -0.1) is 6.42 Å². The second-order valence-electron chi connectivity index (χ2n) is 13.3. The number of aliphatic hydroxyl groups excluding tert-OH is 6. The third-order valence-electron chi connectivity index (χ3n) is 9.69. The minimum absolute atomic E-state index is 0.605. The predicted molar refractivity (Wildman–Crippen MR) is 198 cm³/mol. The summed E-state index contributed by atoms with van der Waals surface area (Å²) < 4.78 is 18.6. The molecule has 3 aliphatic rings. The number of ether oxygens (including phenoxy) is 3. The van der Waals surface area contributed by atoms with Crippen molar-refractivity contribution >= 4 is 5.91 Å². The van der Waals surface area contributed by atoms with Gasteiger partial charge >= 0.3 is 17.1 Å². The van der Waals surface area contributed by atoms with Crippen LogP contribution in [0.1, 0.15) is 18.7 Å². The highest BCUT2D eigenvalue weighted by molar-refractivity contribution is 5.78. The van der Waals surface area contributed by atoms with E-state index in [0.717, 1.165) is 50.5 Å². The van der Waals surface area contributed by atoms with Crippen molar-refractivity contribution in [3.05, 3.63) is 99.3 Å². The molecule has 33 nitrogen and oxygen atoms in total. The average Bonchev–Trinajstić information content (AvgIpc) is 3.81. The normalized spacial score (nSPS) is 31.2. The van der Waals surface area contributed by atoms with E-state index in [0.29, 0.717) is 0 Å². The van der Waals surface area contributed by atoms with Gasteiger partial charge in [0.1, 0.15) is 66.6 Å². The molecule has 14 N–H and O–H groups in total. The number of hydrogen-bond donors (Lipinski definition) is 13. The molecule has 0 aromatic carbocycles. The third-order valence-corrected chi connectivity index (χ3v) is 9.69. The van der Waals surface area contributed by atoms with Gasteiger partial charge in [0.05, 0.1) is 12.0 Å². The third kappa shape index (κ3) is 9.16. The molecule has 6 rings (SSSR count). The SMILES string of the molecule is C#C[C@@H]1[C@H](n2ccc(=O)[nH]c2=O)O[C@@](CO)(N=[N+]=N)[C@H]1O.N#C[C@@H]1[C@H](n2ccc(=O)[nH]c2=O)O[C@@](CO)(N=[N+]=N)[C@H]1O.N=[N+]=N[C@]1(CO)O[C@@H](n2ccc(=O)[nH]c2=O)[C@@H](C(N)=O)[C@@H]1O. The molecule has 3 saturated heterocycles. The first-order valence-corrected chi connectivity index (χ1v) is 17.6. The molecular weight excluding hydrogens is 866 g/mol. The average molecular weight is 903 g/mol. The molecule has 0 bridgehead atoms. The first-order chi connectivity index (χ1) is 30.3. The summed E-state index contributed by atoms with van der Waals surface area (Å²) in [6.45, 7) is -2.54. The van der Waals surface area contributed by atoms with Crippen molar-refractivity contribution in [3.63, 3.8) is 0 Å². The Morgan fingerprint density at radius 3 is 1.33 bits per heavy atom. The van der Waals surface area contributed by atoms with Gasteiger partial charge in [0.2, 0.25) is 20.6 Å². The number of amides is 1. The highest BCUT2D eigenvalue weighted by Crippen LogP contribution is 2.43. The number of aromatic amines is 3. The van der Waals surface area contributed by atoms with E-state index in [4.69, 9.17) is 48.2 Å². The van der Waals surface area contributed by atoms with Crippen LogP contribution in [0.25, 0.3) is 0 Å². The number of carbonyl (C=O) groups is 1. The van der Waals surface area contributed by atoms with Crippen molar-refractivity contribution in [2.45, 2.75) is 54.2 Å². The minimum atomic E-state index is -2.11. The Labute approximate surface area is 351 Å². The van der Waals surface area contributed by atoms with Crippen molar-refractivity contribution in [1.29, 1.82) is 21.9 Å². The highest BCUT2D eigenvalue weighted by Gasteiger charge is 2.62. The van der Waals surface area contributed by atoms with Gasteiger partial charge in [-0.2, -0.15) is 5.26 Å². The molecule has 0 unspecified atom stereocenters. The fourth-order valence-corrected chi connectivity index (χ4v) is 6.53. The van der Waals surface area contributed by atoms with E-state index >= 15 is 0 Å². The number of aliphatic hydroxyl groups is 6. The molecular formula is C31H36N17O16+3. The molecule has 0 aliphatic carbocycles. The predicted octanol–water partition coefficient (Wildman–Crippen LogP) is -7.51. The molecule has 12 atom stereocenters. The quantitative estimate of drug-likeness (QED) is 0.0511. The summed E-state index contributed by atoms with van der Waals surface area (Å²) >= 11 is 0. The van der Waals surface area contributed by atoms with Crippen LogP contribution in [-0.2, 0) is 19.0 Å². The summed E-state index contributed by atoms with van der Waals surface area (Å²) in [7, 11) is 0. The summed E-state index contributed by atoms with van der Waals surface area (Å²) in [6.07, 6.45) is -0.133. The second kappa shape index (κ2) is 19.9. The Morgan fingerprint density at radius 1 is 0.688 bits per heavy atom. The molecule has 338 valence electrons. The lowest BCUT2D eigenvalue weighted by molar-refractivity contribution is -0.130. The fraction of sp³-hybridized carbons (Fsp3) is 0.484. The Balaban J connectivity index is 0.000000210. The van der Waals surface area contributed by atoms with Crippen LogP contribution >= 0.6 is 0 Å². The van der Waals surface area contributed by atoms with Gasteiger partial charge in [0.15, 0.2) is 34.0 Å². The van der Waals surface area contributed by atoms with E-state index in [2.05, 4.69) is 36.0 Å². The number of rotatable bonds is 10. The van der Waals surface area contributed by atoms with Crippen LogP contribution in [0.15, 0.2) is 80.9 Å². The first kappa shape index (κ1) is 48.8. The molecule has 0 radical (unpaired) electrons. The number of primary amides is 1. The smallest absolute Gasteiger partial charge is 0.330 e. The zero-order valence-corrected chi connectivity index (χ0v) is 32.2. The Hall–Kier alpha value is -7.87. The molecule has 33 heteroatoms. The number of nitrogens with zero attached hydrogens (tertiary/aromatic N) is 10. The van der Waals surface area contributed by atoms with E-state index in [-0.39, 0.29) is 0 Å². The molecule has 1 amide bonds.